The van der Waals surface area contributed by atoms with Crippen molar-refractivity contribution in [1.82, 2.24) is 5.32 Å². The Morgan fingerprint density at radius 3 is 2.61 bits per heavy atom. The zero-order chi connectivity index (χ0) is 13.4. The molecule has 18 heavy (non-hydrogen) atoms. The van der Waals surface area contributed by atoms with Crippen molar-refractivity contribution in [3.05, 3.63) is 29.8 Å². The molecule has 0 saturated heterocycles. The van der Waals surface area contributed by atoms with Gasteiger partial charge in [-0.3, -0.25) is 0 Å². The molecule has 0 atom stereocenters. The Labute approximate surface area is 112 Å². The first kappa shape index (κ1) is 15.0. The average Bonchev–Trinajstić information content (AvgIpc) is 2.37. The zero-order valence-electron chi connectivity index (χ0n) is 12.4. The van der Waals surface area contributed by atoms with Crippen LogP contribution in [0.15, 0.2) is 24.3 Å². The highest BCUT2D eigenvalue weighted by molar-refractivity contribution is 5.52. The van der Waals surface area contributed by atoms with Crippen LogP contribution in [0.1, 0.15) is 39.2 Å². The van der Waals surface area contributed by atoms with Gasteiger partial charge in [0.2, 0.25) is 0 Å². The summed E-state index contributed by atoms with van der Waals surface area (Å²) in [6, 6.07) is 8.71. The van der Waals surface area contributed by atoms with Crippen molar-refractivity contribution < 1.29 is 0 Å². The van der Waals surface area contributed by atoms with E-state index in [0.717, 1.165) is 25.6 Å². The van der Waals surface area contributed by atoms with E-state index < -0.39 is 0 Å². The molecular formula is C16H28N2. The molecule has 1 aromatic rings. The van der Waals surface area contributed by atoms with E-state index in [1.165, 1.54) is 24.1 Å². The van der Waals surface area contributed by atoms with Gasteiger partial charge in [-0.1, -0.05) is 39.0 Å². The molecule has 1 rings (SSSR count). The van der Waals surface area contributed by atoms with Crippen molar-refractivity contribution >= 4 is 5.69 Å². The first-order valence-corrected chi connectivity index (χ1v) is 7.15. The van der Waals surface area contributed by atoms with E-state index >= 15 is 0 Å². The lowest BCUT2D eigenvalue weighted by Crippen LogP contribution is -2.23. The lowest BCUT2D eigenvalue weighted by molar-refractivity contribution is 0.584. The molecule has 0 spiro atoms. The highest BCUT2D eigenvalue weighted by atomic mass is 15.1. The summed E-state index contributed by atoms with van der Waals surface area (Å²) in [5.74, 6) is 0.762. The van der Waals surface area contributed by atoms with Crippen molar-refractivity contribution in [2.45, 2.75) is 40.2 Å². The molecule has 0 unspecified atom stereocenters. The molecule has 0 bridgehead atoms. The molecule has 2 heteroatoms. The van der Waals surface area contributed by atoms with Gasteiger partial charge < -0.3 is 10.2 Å². The summed E-state index contributed by atoms with van der Waals surface area (Å²) in [5.41, 5.74) is 2.76. The quantitative estimate of drug-likeness (QED) is 0.706. The molecule has 0 amide bonds. The Hall–Kier alpha value is -1.02. The van der Waals surface area contributed by atoms with Gasteiger partial charge in [-0.25, -0.2) is 0 Å². The lowest BCUT2D eigenvalue weighted by atomic mass is 10.1. The summed E-state index contributed by atoms with van der Waals surface area (Å²) >= 11 is 0. The van der Waals surface area contributed by atoms with E-state index in [-0.39, 0.29) is 0 Å². The summed E-state index contributed by atoms with van der Waals surface area (Å²) in [4.78, 5) is 2.38. The Bertz CT molecular complexity index is 334. The highest BCUT2D eigenvalue weighted by Crippen LogP contribution is 2.19. The minimum absolute atomic E-state index is 0.762. The van der Waals surface area contributed by atoms with Crippen LogP contribution in [0, 0.1) is 5.92 Å². The van der Waals surface area contributed by atoms with Gasteiger partial charge in [-0.05, 0) is 36.9 Å². The van der Waals surface area contributed by atoms with Gasteiger partial charge >= 0.3 is 0 Å². The van der Waals surface area contributed by atoms with Gasteiger partial charge in [0.25, 0.3) is 0 Å². The van der Waals surface area contributed by atoms with E-state index in [0.29, 0.717) is 0 Å². The number of anilines is 1. The highest BCUT2D eigenvalue weighted by Gasteiger charge is 2.07. The monoisotopic (exact) mass is 248 g/mol. The second-order valence-corrected chi connectivity index (χ2v) is 5.41. The maximum Gasteiger partial charge on any atom is 0.0409 e. The van der Waals surface area contributed by atoms with Crippen LogP contribution in [0.4, 0.5) is 5.69 Å². The standard InChI is InChI=1S/C16H28N2/c1-5-11-17-13-15-8-6-7-9-16(15)18(4)12-10-14(2)3/h6-9,14,17H,5,10-13H2,1-4H3. The molecule has 0 aliphatic heterocycles. The fraction of sp³-hybridized carbons (Fsp3) is 0.625. The number of hydrogen-bond donors (Lipinski definition) is 1. The summed E-state index contributed by atoms with van der Waals surface area (Å²) in [6.45, 7) is 9.95. The summed E-state index contributed by atoms with van der Waals surface area (Å²) in [5, 5.41) is 3.48. The lowest BCUT2D eigenvalue weighted by Gasteiger charge is -2.23. The molecule has 1 N–H and O–H groups in total. The van der Waals surface area contributed by atoms with Crippen LogP contribution in [-0.4, -0.2) is 20.1 Å². The van der Waals surface area contributed by atoms with E-state index in [4.69, 9.17) is 0 Å². The molecule has 0 radical (unpaired) electrons. The van der Waals surface area contributed by atoms with Crippen LogP contribution in [0.5, 0.6) is 0 Å². The number of benzene rings is 1. The molecule has 102 valence electrons. The third kappa shape index (κ3) is 5.09. The van der Waals surface area contributed by atoms with Gasteiger partial charge in [0.15, 0.2) is 0 Å². The van der Waals surface area contributed by atoms with Gasteiger partial charge in [-0.2, -0.15) is 0 Å². The first-order valence-electron chi connectivity index (χ1n) is 7.15. The Morgan fingerprint density at radius 1 is 1.22 bits per heavy atom. The average molecular weight is 248 g/mol. The van der Waals surface area contributed by atoms with Crippen molar-refractivity contribution in [3.8, 4) is 0 Å². The van der Waals surface area contributed by atoms with Gasteiger partial charge in [-0.15, -0.1) is 0 Å². The third-order valence-electron chi connectivity index (χ3n) is 3.19. The van der Waals surface area contributed by atoms with Crippen molar-refractivity contribution in [2.75, 3.05) is 25.0 Å². The van der Waals surface area contributed by atoms with Gasteiger partial charge in [0, 0.05) is 25.8 Å². The number of nitrogens with zero attached hydrogens (tertiary/aromatic N) is 1. The topological polar surface area (TPSA) is 15.3 Å². The number of para-hydroxylation sites is 1. The van der Waals surface area contributed by atoms with Crippen molar-refractivity contribution in [2.24, 2.45) is 5.92 Å². The number of rotatable bonds is 8. The normalized spacial score (nSPS) is 10.9. The van der Waals surface area contributed by atoms with Crippen LogP contribution in [0.25, 0.3) is 0 Å². The Kier molecular flexibility index (Phi) is 6.81. The van der Waals surface area contributed by atoms with Crippen LogP contribution in [0.3, 0.4) is 0 Å². The zero-order valence-corrected chi connectivity index (χ0v) is 12.4. The largest absolute Gasteiger partial charge is 0.374 e. The van der Waals surface area contributed by atoms with Crippen LogP contribution >= 0.6 is 0 Å². The number of hydrogen-bond acceptors (Lipinski definition) is 2. The fourth-order valence-electron chi connectivity index (χ4n) is 2.00. The molecule has 0 saturated carbocycles. The van der Waals surface area contributed by atoms with E-state index in [2.05, 4.69) is 62.3 Å². The molecule has 0 aliphatic rings. The van der Waals surface area contributed by atoms with Crippen LogP contribution in [0.2, 0.25) is 0 Å². The van der Waals surface area contributed by atoms with Crippen molar-refractivity contribution in [1.29, 1.82) is 0 Å². The van der Waals surface area contributed by atoms with Gasteiger partial charge in [0.05, 0.1) is 0 Å². The van der Waals surface area contributed by atoms with E-state index in [1.54, 1.807) is 0 Å². The first-order chi connectivity index (χ1) is 8.65. The SMILES string of the molecule is CCCNCc1ccccc1N(C)CCC(C)C. The predicted octanol–water partition coefficient (Wildman–Crippen LogP) is 3.67. The summed E-state index contributed by atoms with van der Waals surface area (Å²) < 4.78 is 0. The maximum atomic E-state index is 3.48. The third-order valence-corrected chi connectivity index (χ3v) is 3.19. The molecule has 0 fully saturated rings. The second kappa shape index (κ2) is 8.15. The van der Waals surface area contributed by atoms with E-state index in [9.17, 15) is 0 Å². The molecule has 0 heterocycles. The second-order valence-electron chi connectivity index (χ2n) is 5.41. The van der Waals surface area contributed by atoms with Crippen LogP contribution in [-0.2, 0) is 6.54 Å². The molecular weight excluding hydrogens is 220 g/mol. The summed E-state index contributed by atoms with van der Waals surface area (Å²) in [7, 11) is 2.20. The predicted molar refractivity (Wildman–Crippen MR) is 81.2 cm³/mol. The molecule has 1 aromatic carbocycles. The minimum atomic E-state index is 0.762. The smallest absolute Gasteiger partial charge is 0.0409 e. The maximum absolute atomic E-state index is 3.48. The minimum Gasteiger partial charge on any atom is -0.374 e. The Morgan fingerprint density at radius 2 is 1.94 bits per heavy atom. The molecule has 0 aromatic heterocycles. The van der Waals surface area contributed by atoms with Gasteiger partial charge in [0.1, 0.15) is 0 Å². The Balaban J connectivity index is 2.62. The fourth-order valence-corrected chi connectivity index (χ4v) is 2.00. The van der Waals surface area contributed by atoms with E-state index in [1.807, 2.05) is 0 Å². The number of nitrogens with one attached hydrogen (secondary N) is 1. The summed E-state index contributed by atoms with van der Waals surface area (Å²) in [6.07, 6.45) is 2.43. The molecule has 0 aliphatic carbocycles. The van der Waals surface area contributed by atoms with Crippen LogP contribution < -0.4 is 10.2 Å². The van der Waals surface area contributed by atoms with Crippen molar-refractivity contribution in [3.63, 3.8) is 0 Å². The molecule has 2 nitrogen and oxygen atoms in total.